The average Bonchev–Trinajstić information content (AvgIpc) is 3.23. The van der Waals surface area contributed by atoms with Gasteiger partial charge in [-0.05, 0) is 43.9 Å². The van der Waals surface area contributed by atoms with Crippen LogP contribution in [0.2, 0.25) is 5.02 Å². The second-order valence-electron chi connectivity index (χ2n) is 4.93. The number of ether oxygens (including phenoxy) is 1. The van der Waals surface area contributed by atoms with Crippen molar-refractivity contribution >= 4 is 23.5 Å². The number of phenols is 1. The molecule has 108 valence electrons. The minimum atomic E-state index is -0.778. The maximum atomic E-state index is 11.7. The molecule has 0 saturated heterocycles. The van der Waals surface area contributed by atoms with Crippen molar-refractivity contribution in [3.8, 4) is 5.75 Å². The van der Waals surface area contributed by atoms with Gasteiger partial charge in [-0.15, -0.1) is 0 Å². The maximum absolute atomic E-state index is 11.7. The molecule has 2 rings (SSSR count). The Bertz CT molecular complexity index is 528. The third-order valence-electron chi connectivity index (χ3n) is 3.23. The molecule has 0 aromatic heterocycles. The van der Waals surface area contributed by atoms with Gasteiger partial charge in [-0.2, -0.15) is 0 Å². The van der Waals surface area contributed by atoms with Gasteiger partial charge in [0.25, 0.3) is 5.91 Å². The molecule has 0 radical (unpaired) electrons. The van der Waals surface area contributed by atoms with Gasteiger partial charge in [0.15, 0.2) is 6.61 Å². The zero-order chi connectivity index (χ0) is 14.7. The maximum Gasteiger partial charge on any atom is 0.342 e. The lowest BCUT2D eigenvalue weighted by Crippen LogP contribution is -2.37. The summed E-state index contributed by atoms with van der Waals surface area (Å²) in [5.41, 5.74) is -0.0551. The zero-order valence-corrected chi connectivity index (χ0v) is 11.8. The van der Waals surface area contributed by atoms with Crippen LogP contribution >= 0.6 is 11.6 Å². The van der Waals surface area contributed by atoms with Gasteiger partial charge in [-0.3, -0.25) is 4.79 Å². The van der Waals surface area contributed by atoms with Gasteiger partial charge in [0.05, 0.1) is 0 Å². The number of rotatable bonds is 5. The minimum absolute atomic E-state index is 0.0551. The number of benzene rings is 1. The Morgan fingerprint density at radius 1 is 1.50 bits per heavy atom. The Morgan fingerprint density at radius 3 is 2.85 bits per heavy atom. The molecule has 1 aliphatic carbocycles. The Hall–Kier alpha value is -1.75. The first-order chi connectivity index (χ1) is 9.47. The van der Waals surface area contributed by atoms with Gasteiger partial charge in [0.1, 0.15) is 11.3 Å². The zero-order valence-electron chi connectivity index (χ0n) is 11.1. The van der Waals surface area contributed by atoms with E-state index in [-0.39, 0.29) is 29.9 Å². The third-order valence-corrected chi connectivity index (χ3v) is 3.47. The highest BCUT2D eigenvalue weighted by atomic mass is 35.5. The Morgan fingerprint density at radius 2 is 2.20 bits per heavy atom. The molecule has 1 fully saturated rings. The Kier molecular flexibility index (Phi) is 4.49. The van der Waals surface area contributed by atoms with Crippen LogP contribution in [0.15, 0.2) is 18.2 Å². The molecule has 20 heavy (non-hydrogen) atoms. The predicted molar refractivity (Wildman–Crippen MR) is 73.7 cm³/mol. The van der Waals surface area contributed by atoms with Gasteiger partial charge < -0.3 is 15.2 Å². The van der Waals surface area contributed by atoms with Crippen LogP contribution in [0.5, 0.6) is 5.75 Å². The molecule has 0 spiro atoms. The van der Waals surface area contributed by atoms with E-state index >= 15 is 0 Å². The normalized spacial score (nSPS) is 15.5. The molecular weight excluding hydrogens is 282 g/mol. The van der Waals surface area contributed by atoms with Crippen molar-refractivity contribution in [2.75, 3.05) is 6.61 Å². The van der Waals surface area contributed by atoms with Gasteiger partial charge >= 0.3 is 5.97 Å². The van der Waals surface area contributed by atoms with Crippen LogP contribution in [-0.4, -0.2) is 29.6 Å². The first-order valence-corrected chi connectivity index (χ1v) is 6.80. The number of carbonyl (C=O) groups is 2. The SMILES string of the molecule is C[C@H](NC(=O)COC(=O)c1cc(Cl)ccc1O)C1CC1. The molecule has 1 atom stereocenters. The number of esters is 1. The van der Waals surface area contributed by atoms with Crippen LogP contribution in [0.25, 0.3) is 0 Å². The van der Waals surface area contributed by atoms with E-state index in [0.717, 1.165) is 12.8 Å². The number of hydrogen-bond acceptors (Lipinski definition) is 4. The fourth-order valence-corrected chi connectivity index (χ4v) is 2.06. The average molecular weight is 298 g/mol. The van der Waals surface area contributed by atoms with E-state index in [2.05, 4.69) is 5.32 Å². The molecule has 1 aromatic rings. The van der Waals surface area contributed by atoms with Crippen molar-refractivity contribution in [2.45, 2.75) is 25.8 Å². The number of phenolic OH excluding ortho intramolecular Hbond substituents is 1. The standard InChI is InChI=1S/C14H16ClNO4/c1-8(9-2-3-9)16-13(18)7-20-14(19)11-6-10(15)4-5-12(11)17/h4-6,8-9,17H,2-3,7H2,1H3,(H,16,18)/t8-/m0/s1. The van der Waals surface area contributed by atoms with Gasteiger partial charge in [-0.25, -0.2) is 4.79 Å². The van der Waals surface area contributed by atoms with E-state index < -0.39 is 5.97 Å². The second kappa shape index (κ2) is 6.13. The van der Waals surface area contributed by atoms with E-state index in [1.54, 1.807) is 0 Å². The summed E-state index contributed by atoms with van der Waals surface area (Å²) in [7, 11) is 0. The largest absolute Gasteiger partial charge is 0.507 e. The summed E-state index contributed by atoms with van der Waals surface area (Å²) in [6.45, 7) is 1.56. The van der Waals surface area contributed by atoms with Crippen LogP contribution < -0.4 is 5.32 Å². The van der Waals surface area contributed by atoms with E-state index in [0.29, 0.717) is 10.9 Å². The molecule has 1 saturated carbocycles. The molecule has 0 unspecified atom stereocenters. The van der Waals surface area contributed by atoms with Crippen molar-refractivity contribution < 1.29 is 19.4 Å². The van der Waals surface area contributed by atoms with Crippen molar-refractivity contribution in [3.05, 3.63) is 28.8 Å². The van der Waals surface area contributed by atoms with E-state index in [1.807, 2.05) is 6.92 Å². The van der Waals surface area contributed by atoms with E-state index in [4.69, 9.17) is 16.3 Å². The van der Waals surface area contributed by atoms with E-state index in [1.165, 1.54) is 18.2 Å². The number of carbonyl (C=O) groups excluding carboxylic acids is 2. The van der Waals surface area contributed by atoms with Gasteiger partial charge in [0, 0.05) is 11.1 Å². The summed E-state index contributed by atoms with van der Waals surface area (Å²) in [5, 5.41) is 12.6. The molecule has 2 N–H and O–H groups in total. The summed E-state index contributed by atoms with van der Waals surface area (Å²) in [6.07, 6.45) is 2.25. The van der Waals surface area contributed by atoms with Crippen LogP contribution in [-0.2, 0) is 9.53 Å². The third kappa shape index (κ3) is 3.87. The second-order valence-corrected chi connectivity index (χ2v) is 5.37. The molecular formula is C14H16ClNO4. The topological polar surface area (TPSA) is 75.6 Å². The van der Waals surface area contributed by atoms with Gasteiger partial charge in [0.2, 0.25) is 0 Å². The van der Waals surface area contributed by atoms with E-state index in [9.17, 15) is 14.7 Å². The monoisotopic (exact) mass is 297 g/mol. The highest BCUT2D eigenvalue weighted by Crippen LogP contribution is 2.32. The van der Waals surface area contributed by atoms with Crippen LogP contribution in [0.4, 0.5) is 0 Å². The van der Waals surface area contributed by atoms with Crippen molar-refractivity contribution in [1.29, 1.82) is 0 Å². The van der Waals surface area contributed by atoms with Crippen molar-refractivity contribution in [2.24, 2.45) is 5.92 Å². The molecule has 0 bridgehead atoms. The lowest BCUT2D eigenvalue weighted by molar-refractivity contribution is -0.125. The fourth-order valence-electron chi connectivity index (χ4n) is 1.89. The summed E-state index contributed by atoms with van der Waals surface area (Å²) in [4.78, 5) is 23.3. The molecule has 0 heterocycles. The van der Waals surface area contributed by atoms with Crippen molar-refractivity contribution in [1.82, 2.24) is 5.32 Å². The predicted octanol–water partition coefficient (Wildman–Crippen LogP) is 2.12. The lowest BCUT2D eigenvalue weighted by Gasteiger charge is -2.13. The quantitative estimate of drug-likeness (QED) is 0.816. The minimum Gasteiger partial charge on any atom is -0.507 e. The van der Waals surface area contributed by atoms with Crippen molar-refractivity contribution in [3.63, 3.8) is 0 Å². The summed E-state index contributed by atoms with van der Waals surface area (Å²) >= 11 is 5.74. The number of halogens is 1. The first kappa shape index (κ1) is 14.7. The Labute approximate surface area is 121 Å². The number of hydrogen-bond donors (Lipinski definition) is 2. The lowest BCUT2D eigenvalue weighted by atomic mass is 10.2. The smallest absolute Gasteiger partial charge is 0.342 e. The molecule has 5 nitrogen and oxygen atoms in total. The molecule has 1 aliphatic rings. The van der Waals surface area contributed by atoms with Crippen LogP contribution in [0, 0.1) is 5.92 Å². The highest BCUT2D eigenvalue weighted by molar-refractivity contribution is 6.31. The summed E-state index contributed by atoms with van der Waals surface area (Å²) < 4.78 is 4.86. The summed E-state index contributed by atoms with van der Waals surface area (Å²) in [6, 6.07) is 4.15. The molecule has 0 aliphatic heterocycles. The number of aromatic hydroxyl groups is 1. The fraction of sp³-hybridized carbons (Fsp3) is 0.429. The highest BCUT2D eigenvalue weighted by Gasteiger charge is 2.29. The van der Waals surface area contributed by atoms with Crippen LogP contribution in [0.3, 0.4) is 0 Å². The van der Waals surface area contributed by atoms with Crippen LogP contribution in [0.1, 0.15) is 30.1 Å². The van der Waals surface area contributed by atoms with Gasteiger partial charge in [-0.1, -0.05) is 11.6 Å². The number of nitrogens with one attached hydrogen (secondary N) is 1. The molecule has 1 aromatic carbocycles. The molecule has 6 heteroatoms. The first-order valence-electron chi connectivity index (χ1n) is 6.42. The summed E-state index contributed by atoms with van der Waals surface area (Å²) in [5.74, 6) is -0.823. The Balaban J connectivity index is 1.85. The number of amides is 1. The molecule has 1 amide bonds.